The number of hydrogen-bond donors (Lipinski definition) is 2. The van der Waals surface area contributed by atoms with Crippen LogP contribution in [0.3, 0.4) is 0 Å². The number of fused-ring (bicyclic) bond motifs is 1. The van der Waals surface area contributed by atoms with Gasteiger partial charge in [0.25, 0.3) is 11.5 Å². The minimum Gasteiger partial charge on any atom is -0.505 e. The minimum absolute atomic E-state index is 0.0487. The number of amides is 2. The third kappa shape index (κ3) is 6.87. The van der Waals surface area contributed by atoms with E-state index in [2.05, 4.69) is 21.5 Å². The minimum atomic E-state index is -4.60. The second kappa shape index (κ2) is 14.2. The van der Waals surface area contributed by atoms with Gasteiger partial charge in [-0.05, 0) is 61.9 Å². The standard InChI is InChI=1S/C34H37F3N8O5/c1-3-25-29(42-14-16-43(17-15-42)31(48)23-12-13-38-19-26(23)46)32(49)45-33(40-30(41-45)21-8-6-4-5-7-9-21)44(25)20-28(47)39-24-11-10-22(34(35,36)37)18-27(24)50-2/h8,10-13,18-19,46H,3-7,9,14-17,20H2,1-2H3,(H,39,47). The number of allylic oxidation sites excluding steroid dienone is 2. The molecule has 3 aromatic heterocycles. The second-order valence-corrected chi connectivity index (χ2v) is 12.1. The maximum absolute atomic E-state index is 14.2. The molecule has 0 saturated carbocycles. The van der Waals surface area contributed by atoms with Crippen molar-refractivity contribution in [2.24, 2.45) is 0 Å². The number of alkyl halides is 3. The Morgan fingerprint density at radius 3 is 2.56 bits per heavy atom. The molecule has 1 fully saturated rings. The Kier molecular flexibility index (Phi) is 9.79. The van der Waals surface area contributed by atoms with Crippen molar-refractivity contribution in [2.45, 2.75) is 58.2 Å². The number of carbonyl (C=O) groups excluding carboxylic acids is 2. The van der Waals surface area contributed by atoms with Gasteiger partial charge >= 0.3 is 6.18 Å². The summed E-state index contributed by atoms with van der Waals surface area (Å²) in [6.45, 7) is 2.59. The van der Waals surface area contributed by atoms with Crippen LogP contribution in [0.5, 0.6) is 11.5 Å². The van der Waals surface area contributed by atoms with Crippen LogP contribution in [0.2, 0.25) is 0 Å². The number of hydrogen-bond acceptors (Lipinski definition) is 9. The van der Waals surface area contributed by atoms with Crippen molar-refractivity contribution in [3.63, 3.8) is 0 Å². The molecule has 0 bridgehead atoms. The van der Waals surface area contributed by atoms with E-state index in [0.29, 0.717) is 23.6 Å². The van der Waals surface area contributed by atoms with Crippen LogP contribution in [0.4, 0.5) is 24.5 Å². The molecular formula is C34H37F3N8O5. The number of halogens is 3. The zero-order valence-corrected chi connectivity index (χ0v) is 27.7. The van der Waals surface area contributed by atoms with E-state index in [1.165, 1.54) is 30.1 Å². The summed E-state index contributed by atoms with van der Waals surface area (Å²) < 4.78 is 48.0. The first-order valence-electron chi connectivity index (χ1n) is 16.4. The molecule has 2 aliphatic rings. The average molecular weight is 695 g/mol. The molecule has 4 aromatic rings. The molecule has 6 rings (SSSR count). The van der Waals surface area contributed by atoms with Crippen LogP contribution < -0.4 is 20.5 Å². The van der Waals surface area contributed by atoms with Gasteiger partial charge in [0.1, 0.15) is 23.7 Å². The van der Waals surface area contributed by atoms with E-state index in [1.807, 2.05) is 11.8 Å². The lowest BCUT2D eigenvalue weighted by molar-refractivity contribution is -0.137. The number of pyridine rings is 1. The number of nitrogens with zero attached hydrogens (tertiary/aromatic N) is 7. The number of ether oxygens (including phenoxy) is 1. The fraction of sp³-hybridized carbons (Fsp3) is 0.412. The monoisotopic (exact) mass is 694 g/mol. The Morgan fingerprint density at radius 1 is 1.08 bits per heavy atom. The third-order valence-corrected chi connectivity index (χ3v) is 9.01. The fourth-order valence-electron chi connectivity index (χ4n) is 6.46. The molecule has 16 heteroatoms. The summed E-state index contributed by atoms with van der Waals surface area (Å²) in [5.74, 6) is -0.769. The lowest BCUT2D eigenvalue weighted by atomic mass is 10.1. The Morgan fingerprint density at radius 2 is 1.86 bits per heavy atom. The van der Waals surface area contributed by atoms with Gasteiger partial charge in [-0.15, -0.1) is 5.10 Å². The number of nitrogens with one attached hydrogen (secondary N) is 1. The van der Waals surface area contributed by atoms with Crippen LogP contribution in [0, 0.1) is 0 Å². The smallest absolute Gasteiger partial charge is 0.416 e. The van der Waals surface area contributed by atoms with Crippen molar-refractivity contribution in [3.8, 4) is 11.5 Å². The van der Waals surface area contributed by atoms with Crippen LogP contribution in [0.15, 0.2) is 47.5 Å². The summed E-state index contributed by atoms with van der Waals surface area (Å²) >= 11 is 0. The number of aromatic hydroxyl groups is 1. The highest BCUT2D eigenvalue weighted by atomic mass is 19.4. The summed E-state index contributed by atoms with van der Waals surface area (Å²) in [6.07, 6.45) is 5.10. The normalized spacial score (nSPS) is 15.5. The quantitative estimate of drug-likeness (QED) is 0.272. The van der Waals surface area contributed by atoms with Gasteiger partial charge in [-0.2, -0.15) is 22.7 Å². The van der Waals surface area contributed by atoms with Crippen molar-refractivity contribution >= 4 is 34.5 Å². The highest BCUT2D eigenvalue weighted by Gasteiger charge is 2.32. The molecule has 1 aromatic carbocycles. The van der Waals surface area contributed by atoms with Gasteiger partial charge in [-0.3, -0.25) is 19.4 Å². The largest absolute Gasteiger partial charge is 0.505 e. The number of methoxy groups -OCH3 is 1. The summed E-state index contributed by atoms with van der Waals surface area (Å²) in [4.78, 5) is 53.0. The fourth-order valence-corrected chi connectivity index (χ4v) is 6.46. The molecule has 0 unspecified atom stereocenters. The lowest BCUT2D eigenvalue weighted by Gasteiger charge is -2.36. The first-order chi connectivity index (χ1) is 24.0. The Bertz CT molecular complexity index is 2010. The van der Waals surface area contributed by atoms with Crippen LogP contribution in [-0.2, 0) is 23.9 Å². The second-order valence-electron chi connectivity index (χ2n) is 12.1. The van der Waals surface area contributed by atoms with Crippen molar-refractivity contribution in [2.75, 3.05) is 43.5 Å². The van der Waals surface area contributed by atoms with Gasteiger partial charge in [-0.25, -0.2) is 0 Å². The molecule has 0 atom stereocenters. The molecule has 264 valence electrons. The van der Waals surface area contributed by atoms with E-state index in [-0.39, 0.29) is 67.2 Å². The van der Waals surface area contributed by atoms with E-state index in [1.54, 1.807) is 9.47 Å². The maximum Gasteiger partial charge on any atom is 0.416 e. The molecule has 2 N–H and O–H groups in total. The van der Waals surface area contributed by atoms with Gasteiger partial charge < -0.3 is 29.5 Å². The molecule has 0 spiro atoms. The van der Waals surface area contributed by atoms with Gasteiger partial charge in [0.05, 0.1) is 35.8 Å². The third-order valence-electron chi connectivity index (χ3n) is 9.01. The zero-order chi connectivity index (χ0) is 35.6. The molecule has 2 amide bonds. The predicted molar refractivity (Wildman–Crippen MR) is 178 cm³/mol. The number of anilines is 2. The molecule has 50 heavy (non-hydrogen) atoms. The van der Waals surface area contributed by atoms with Gasteiger partial charge in [0, 0.05) is 32.4 Å². The van der Waals surface area contributed by atoms with E-state index in [0.717, 1.165) is 55.9 Å². The summed E-state index contributed by atoms with van der Waals surface area (Å²) in [7, 11) is 1.21. The molecule has 13 nitrogen and oxygen atoms in total. The summed E-state index contributed by atoms with van der Waals surface area (Å²) in [6, 6.07) is 4.25. The predicted octanol–water partition coefficient (Wildman–Crippen LogP) is 4.53. The molecule has 1 aliphatic carbocycles. The van der Waals surface area contributed by atoms with E-state index >= 15 is 0 Å². The summed E-state index contributed by atoms with van der Waals surface area (Å²) in [5, 5.41) is 17.4. The highest BCUT2D eigenvalue weighted by molar-refractivity contribution is 5.96. The first-order valence-corrected chi connectivity index (χ1v) is 16.4. The Labute approximate surface area is 285 Å². The van der Waals surface area contributed by atoms with Gasteiger partial charge in [0.2, 0.25) is 11.7 Å². The van der Waals surface area contributed by atoms with Crippen molar-refractivity contribution in [1.82, 2.24) is 29.0 Å². The first kappa shape index (κ1) is 34.5. The molecular weight excluding hydrogens is 657 g/mol. The molecule has 1 saturated heterocycles. The SMILES string of the molecule is CCc1c(N2CCN(C(=O)c3ccncc3O)CC2)c(=O)n2nc(C3=CCCCCC3)nc2n1CC(=O)Nc1ccc(C(F)(F)F)cc1OC. The molecule has 0 radical (unpaired) electrons. The van der Waals surface area contributed by atoms with E-state index in [4.69, 9.17) is 9.72 Å². The lowest BCUT2D eigenvalue weighted by Crippen LogP contribution is -2.51. The van der Waals surface area contributed by atoms with Crippen LogP contribution >= 0.6 is 0 Å². The molecule has 4 heterocycles. The maximum atomic E-state index is 14.2. The number of piperazine rings is 1. The summed E-state index contributed by atoms with van der Waals surface area (Å²) in [5.41, 5.74) is 0.579. The van der Waals surface area contributed by atoms with Crippen molar-refractivity contribution in [3.05, 3.63) is 75.7 Å². The van der Waals surface area contributed by atoms with Crippen LogP contribution in [0.25, 0.3) is 11.4 Å². The van der Waals surface area contributed by atoms with E-state index in [9.17, 15) is 32.7 Å². The van der Waals surface area contributed by atoms with Gasteiger partial charge in [-0.1, -0.05) is 19.4 Å². The zero-order valence-electron chi connectivity index (χ0n) is 27.7. The number of benzene rings is 1. The van der Waals surface area contributed by atoms with Crippen molar-refractivity contribution in [1.29, 1.82) is 0 Å². The Hall–Kier alpha value is -5.41. The van der Waals surface area contributed by atoms with E-state index < -0.39 is 23.2 Å². The Balaban J connectivity index is 1.36. The number of aromatic nitrogens is 5. The topological polar surface area (TPSA) is 147 Å². The van der Waals surface area contributed by atoms with Crippen molar-refractivity contribution < 1.29 is 32.6 Å². The van der Waals surface area contributed by atoms with Crippen LogP contribution in [0.1, 0.15) is 66.5 Å². The average Bonchev–Trinajstić information content (AvgIpc) is 3.37. The molecule has 1 aliphatic heterocycles. The van der Waals surface area contributed by atoms with Gasteiger partial charge in [0.15, 0.2) is 5.82 Å². The number of rotatable bonds is 8. The number of carbonyl (C=O) groups is 2. The highest BCUT2D eigenvalue weighted by Crippen LogP contribution is 2.35. The van der Waals surface area contributed by atoms with Crippen LogP contribution in [-0.4, -0.2) is 79.3 Å².